The molecular formula is C12H21F3N2O2. The van der Waals surface area contributed by atoms with Gasteiger partial charge in [0.05, 0.1) is 0 Å². The van der Waals surface area contributed by atoms with Crippen LogP contribution in [-0.4, -0.2) is 46.9 Å². The van der Waals surface area contributed by atoms with Crippen molar-refractivity contribution in [2.24, 2.45) is 0 Å². The Bertz CT molecular complexity index is 309. The Kier molecular flexibility index (Phi) is 5.06. The Morgan fingerprint density at radius 2 is 1.79 bits per heavy atom. The van der Waals surface area contributed by atoms with Crippen molar-refractivity contribution >= 4 is 6.03 Å². The molecule has 1 heterocycles. The van der Waals surface area contributed by atoms with Gasteiger partial charge in [-0.3, -0.25) is 0 Å². The lowest BCUT2D eigenvalue weighted by Gasteiger charge is -2.39. The Labute approximate surface area is 111 Å². The van der Waals surface area contributed by atoms with Crippen molar-refractivity contribution in [3.8, 4) is 0 Å². The molecular weight excluding hydrogens is 261 g/mol. The largest absolute Gasteiger partial charge is 0.417 e. The maximum absolute atomic E-state index is 12.6. The number of carbonyl (C=O) groups excluding carboxylic acids is 1. The highest BCUT2D eigenvalue weighted by atomic mass is 19.4. The van der Waals surface area contributed by atoms with Gasteiger partial charge in [0.15, 0.2) is 5.60 Å². The second-order valence-electron chi connectivity index (χ2n) is 4.98. The summed E-state index contributed by atoms with van der Waals surface area (Å²) in [4.78, 5) is 13.2. The first-order chi connectivity index (χ1) is 8.73. The topological polar surface area (TPSA) is 52.6 Å². The third-order valence-corrected chi connectivity index (χ3v) is 3.72. The summed E-state index contributed by atoms with van der Waals surface area (Å²) >= 11 is 0. The molecule has 19 heavy (non-hydrogen) atoms. The van der Waals surface area contributed by atoms with Crippen molar-refractivity contribution in [1.82, 2.24) is 10.2 Å². The van der Waals surface area contributed by atoms with Crippen LogP contribution in [0, 0.1) is 0 Å². The van der Waals surface area contributed by atoms with Gasteiger partial charge in [0.25, 0.3) is 0 Å². The van der Waals surface area contributed by atoms with Crippen molar-refractivity contribution in [3.05, 3.63) is 0 Å². The van der Waals surface area contributed by atoms with Crippen LogP contribution in [0.1, 0.15) is 39.5 Å². The second kappa shape index (κ2) is 5.98. The van der Waals surface area contributed by atoms with Crippen LogP contribution in [0.3, 0.4) is 0 Å². The molecule has 0 atom stereocenters. The molecule has 112 valence electrons. The Morgan fingerprint density at radius 3 is 2.16 bits per heavy atom. The van der Waals surface area contributed by atoms with E-state index in [-0.39, 0.29) is 25.2 Å². The normalized spacial score (nSPS) is 19.6. The molecule has 0 aromatic heterocycles. The molecule has 1 aliphatic rings. The number of carbonyl (C=O) groups is 1. The van der Waals surface area contributed by atoms with E-state index < -0.39 is 24.6 Å². The van der Waals surface area contributed by atoms with Gasteiger partial charge in [-0.05, 0) is 12.8 Å². The Hall–Kier alpha value is -0.980. The lowest BCUT2D eigenvalue weighted by molar-refractivity contribution is -0.271. The van der Waals surface area contributed by atoms with Gasteiger partial charge in [-0.15, -0.1) is 0 Å². The molecule has 0 unspecified atom stereocenters. The van der Waals surface area contributed by atoms with Crippen LogP contribution in [0.5, 0.6) is 0 Å². The van der Waals surface area contributed by atoms with Gasteiger partial charge in [-0.25, -0.2) is 4.79 Å². The number of rotatable bonds is 3. The number of piperidine rings is 1. The van der Waals surface area contributed by atoms with Gasteiger partial charge in [0.1, 0.15) is 0 Å². The minimum atomic E-state index is -4.63. The summed E-state index contributed by atoms with van der Waals surface area (Å²) in [6.07, 6.45) is -4.00. The van der Waals surface area contributed by atoms with Crippen LogP contribution < -0.4 is 5.32 Å². The standard InChI is InChI=1S/C12H21F3N2O2/c1-3-9(4-2)16-10(18)17-7-5-11(19,6-8-17)12(13,14)15/h9,19H,3-8H2,1-2H3,(H,16,18). The maximum Gasteiger partial charge on any atom is 0.417 e. The number of aliphatic hydroxyl groups is 1. The van der Waals surface area contributed by atoms with Crippen LogP contribution in [0.2, 0.25) is 0 Å². The Morgan fingerprint density at radius 1 is 1.32 bits per heavy atom. The molecule has 7 heteroatoms. The summed E-state index contributed by atoms with van der Waals surface area (Å²) in [7, 11) is 0. The fourth-order valence-electron chi connectivity index (χ4n) is 2.12. The molecule has 2 amide bonds. The van der Waals surface area contributed by atoms with Crippen LogP contribution in [-0.2, 0) is 0 Å². The smallest absolute Gasteiger partial charge is 0.380 e. The number of hydrogen-bond acceptors (Lipinski definition) is 2. The molecule has 0 aromatic rings. The van der Waals surface area contributed by atoms with E-state index in [0.717, 1.165) is 12.8 Å². The van der Waals surface area contributed by atoms with E-state index in [1.54, 1.807) is 0 Å². The van der Waals surface area contributed by atoms with E-state index in [2.05, 4.69) is 5.32 Å². The number of halogens is 3. The summed E-state index contributed by atoms with van der Waals surface area (Å²) in [5.74, 6) is 0. The molecule has 0 aromatic carbocycles. The zero-order chi connectivity index (χ0) is 14.7. The lowest BCUT2D eigenvalue weighted by Crippen LogP contribution is -2.56. The average molecular weight is 282 g/mol. The summed E-state index contributed by atoms with van der Waals surface area (Å²) in [6, 6.07) is -0.311. The number of likely N-dealkylation sites (tertiary alicyclic amines) is 1. The van der Waals surface area contributed by atoms with Gasteiger partial charge in [0, 0.05) is 32.0 Å². The summed E-state index contributed by atoms with van der Waals surface area (Å²) in [5.41, 5.74) is -2.65. The second-order valence-corrected chi connectivity index (χ2v) is 4.98. The molecule has 0 radical (unpaired) electrons. The molecule has 0 bridgehead atoms. The molecule has 0 saturated carbocycles. The highest BCUT2D eigenvalue weighted by Gasteiger charge is 2.54. The van der Waals surface area contributed by atoms with Gasteiger partial charge in [0.2, 0.25) is 0 Å². The third-order valence-electron chi connectivity index (χ3n) is 3.72. The van der Waals surface area contributed by atoms with E-state index >= 15 is 0 Å². The number of nitrogens with zero attached hydrogens (tertiary/aromatic N) is 1. The van der Waals surface area contributed by atoms with Gasteiger partial charge >= 0.3 is 12.2 Å². The number of hydrogen-bond donors (Lipinski definition) is 2. The predicted octanol–water partition coefficient (Wildman–Crippen LogP) is 2.27. The van der Waals surface area contributed by atoms with E-state index in [9.17, 15) is 23.1 Å². The monoisotopic (exact) mass is 282 g/mol. The molecule has 1 fully saturated rings. The van der Waals surface area contributed by atoms with Crippen LogP contribution in [0.4, 0.5) is 18.0 Å². The van der Waals surface area contributed by atoms with Crippen LogP contribution in [0.25, 0.3) is 0 Å². The van der Waals surface area contributed by atoms with Gasteiger partial charge < -0.3 is 15.3 Å². The lowest BCUT2D eigenvalue weighted by atomic mass is 9.91. The maximum atomic E-state index is 12.6. The molecule has 4 nitrogen and oxygen atoms in total. The minimum absolute atomic E-state index is 0.0379. The zero-order valence-corrected chi connectivity index (χ0v) is 11.3. The predicted molar refractivity (Wildman–Crippen MR) is 64.7 cm³/mol. The zero-order valence-electron chi connectivity index (χ0n) is 11.3. The van der Waals surface area contributed by atoms with Crippen LogP contribution in [0.15, 0.2) is 0 Å². The first kappa shape index (κ1) is 16.1. The number of alkyl halides is 3. The fraction of sp³-hybridized carbons (Fsp3) is 0.917. The highest BCUT2D eigenvalue weighted by Crippen LogP contribution is 2.38. The average Bonchev–Trinajstić information content (AvgIpc) is 2.35. The van der Waals surface area contributed by atoms with E-state index in [1.165, 1.54) is 4.90 Å². The molecule has 2 N–H and O–H groups in total. The molecule has 1 saturated heterocycles. The Balaban J connectivity index is 2.52. The highest BCUT2D eigenvalue weighted by molar-refractivity contribution is 5.74. The van der Waals surface area contributed by atoms with Crippen molar-refractivity contribution in [3.63, 3.8) is 0 Å². The first-order valence-electron chi connectivity index (χ1n) is 6.58. The summed E-state index contributed by atoms with van der Waals surface area (Å²) < 4.78 is 37.8. The van der Waals surface area contributed by atoms with E-state index in [0.29, 0.717) is 0 Å². The number of urea groups is 1. The molecule has 1 rings (SSSR count). The molecule has 0 spiro atoms. The van der Waals surface area contributed by atoms with Crippen LogP contribution >= 0.6 is 0 Å². The third kappa shape index (κ3) is 3.75. The van der Waals surface area contributed by atoms with E-state index in [4.69, 9.17) is 0 Å². The summed E-state index contributed by atoms with van der Waals surface area (Å²) in [5, 5.41) is 12.3. The van der Waals surface area contributed by atoms with Crippen molar-refractivity contribution in [1.29, 1.82) is 0 Å². The summed E-state index contributed by atoms with van der Waals surface area (Å²) in [6.45, 7) is 3.71. The molecule has 0 aliphatic carbocycles. The SMILES string of the molecule is CCC(CC)NC(=O)N1CCC(O)(C(F)(F)F)CC1. The number of nitrogens with one attached hydrogen (secondary N) is 1. The van der Waals surface area contributed by atoms with Crippen molar-refractivity contribution in [2.45, 2.75) is 57.3 Å². The quantitative estimate of drug-likeness (QED) is 0.834. The number of amides is 2. The van der Waals surface area contributed by atoms with E-state index in [1.807, 2.05) is 13.8 Å². The first-order valence-corrected chi connectivity index (χ1v) is 6.58. The van der Waals surface area contributed by atoms with Crippen molar-refractivity contribution in [2.75, 3.05) is 13.1 Å². The van der Waals surface area contributed by atoms with Gasteiger partial charge in [-0.2, -0.15) is 13.2 Å². The van der Waals surface area contributed by atoms with Crippen molar-refractivity contribution < 1.29 is 23.1 Å². The van der Waals surface area contributed by atoms with Gasteiger partial charge in [-0.1, -0.05) is 13.8 Å². The molecule has 1 aliphatic heterocycles. The fourth-order valence-corrected chi connectivity index (χ4v) is 2.12. The minimum Gasteiger partial charge on any atom is -0.380 e.